The van der Waals surface area contributed by atoms with Crippen molar-refractivity contribution in [1.82, 2.24) is 0 Å². The molecule has 1 aromatic rings. The Balaban J connectivity index is 2.05. The van der Waals surface area contributed by atoms with Crippen molar-refractivity contribution in [3.8, 4) is 0 Å². The maximum Gasteiger partial charge on any atom is 0.228 e. The monoisotopic (exact) mass is 216 g/mol. The molecule has 1 aliphatic rings. The first-order valence-electron chi connectivity index (χ1n) is 5.55. The second-order valence-corrected chi connectivity index (χ2v) is 3.99. The van der Waals surface area contributed by atoms with Crippen LogP contribution >= 0.6 is 0 Å². The molecule has 1 aromatic carbocycles. The zero-order valence-electron chi connectivity index (χ0n) is 9.15. The van der Waals surface area contributed by atoms with Gasteiger partial charge in [0.2, 0.25) is 5.91 Å². The summed E-state index contributed by atoms with van der Waals surface area (Å²) >= 11 is 0. The maximum atomic E-state index is 11.9. The first kappa shape index (κ1) is 10.9. The quantitative estimate of drug-likeness (QED) is 0.760. The van der Waals surface area contributed by atoms with Crippen LogP contribution in [0.3, 0.4) is 0 Å². The molecule has 0 fully saturated rings. The Bertz CT molecular complexity index is 404. The van der Waals surface area contributed by atoms with E-state index in [1.807, 2.05) is 24.3 Å². The average Bonchev–Trinajstić information content (AvgIpc) is 2.83. The van der Waals surface area contributed by atoms with Gasteiger partial charge in [0.1, 0.15) is 0 Å². The number of anilines is 1. The molecule has 0 saturated carbocycles. The predicted octanol–water partition coefficient (Wildman–Crippen LogP) is 2.05. The molecule has 0 saturated heterocycles. The number of hydrogen-bond acceptors (Lipinski definition) is 2. The van der Waals surface area contributed by atoms with Crippen LogP contribution in [0.4, 0.5) is 5.69 Å². The van der Waals surface area contributed by atoms with E-state index in [0.717, 1.165) is 24.1 Å². The molecule has 0 aliphatic heterocycles. The van der Waals surface area contributed by atoms with Crippen molar-refractivity contribution in [3.63, 3.8) is 0 Å². The van der Waals surface area contributed by atoms with Crippen LogP contribution in [-0.4, -0.2) is 5.91 Å². The van der Waals surface area contributed by atoms with Gasteiger partial charge in [0.25, 0.3) is 0 Å². The third kappa shape index (κ3) is 2.31. The molecule has 1 aliphatic carbocycles. The van der Waals surface area contributed by atoms with Crippen molar-refractivity contribution in [3.05, 3.63) is 42.0 Å². The second-order valence-electron chi connectivity index (χ2n) is 3.99. The van der Waals surface area contributed by atoms with Crippen molar-refractivity contribution in [2.24, 2.45) is 11.7 Å². The third-order valence-corrected chi connectivity index (χ3v) is 2.87. The first-order valence-corrected chi connectivity index (χ1v) is 5.55. The minimum Gasteiger partial charge on any atom is -0.326 e. The molecule has 0 spiro atoms. The van der Waals surface area contributed by atoms with Crippen molar-refractivity contribution >= 4 is 11.6 Å². The van der Waals surface area contributed by atoms with Gasteiger partial charge >= 0.3 is 0 Å². The minimum absolute atomic E-state index is 0.0887. The highest BCUT2D eigenvalue weighted by Gasteiger charge is 2.19. The summed E-state index contributed by atoms with van der Waals surface area (Å²) in [4.78, 5) is 11.9. The molecule has 1 amide bonds. The summed E-state index contributed by atoms with van der Waals surface area (Å²) in [6, 6.07) is 7.65. The fourth-order valence-corrected chi connectivity index (χ4v) is 1.89. The first-order chi connectivity index (χ1) is 7.81. The molecule has 0 aromatic heterocycles. The second kappa shape index (κ2) is 4.94. The van der Waals surface area contributed by atoms with E-state index in [-0.39, 0.29) is 11.8 Å². The molecule has 3 heteroatoms. The van der Waals surface area contributed by atoms with Gasteiger partial charge in [0.15, 0.2) is 0 Å². The third-order valence-electron chi connectivity index (χ3n) is 2.87. The summed E-state index contributed by atoms with van der Waals surface area (Å²) in [7, 11) is 0. The van der Waals surface area contributed by atoms with E-state index < -0.39 is 0 Å². The number of benzene rings is 1. The smallest absolute Gasteiger partial charge is 0.228 e. The van der Waals surface area contributed by atoms with Gasteiger partial charge < -0.3 is 11.1 Å². The molecule has 0 bridgehead atoms. The fraction of sp³-hybridized carbons (Fsp3) is 0.308. The molecule has 0 radical (unpaired) electrons. The molecule has 0 heterocycles. The van der Waals surface area contributed by atoms with Crippen LogP contribution in [0.1, 0.15) is 18.4 Å². The lowest BCUT2D eigenvalue weighted by molar-refractivity contribution is -0.119. The molecule has 3 nitrogen and oxygen atoms in total. The highest BCUT2D eigenvalue weighted by Crippen LogP contribution is 2.21. The van der Waals surface area contributed by atoms with Gasteiger partial charge in [-0.3, -0.25) is 4.79 Å². The lowest BCUT2D eigenvalue weighted by Crippen LogP contribution is -2.21. The minimum atomic E-state index is 0.0887. The van der Waals surface area contributed by atoms with Crippen LogP contribution in [0.5, 0.6) is 0 Å². The van der Waals surface area contributed by atoms with E-state index in [2.05, 4.69) is 17.5 Å². The maximum absolute atomic E-state index is 11.9. The number of nitrogens with two attached hydrogens (primary N) is 1. The largest absolute Gasteiger partial charge is 0.326 e. The Labute approximate surface area is 95.3 Å². The van der Waals surface area contributed by atoms with Gasteiger partial charge in [0, 0.05) is 18.2 Å². The Hall–Kier alpha value is -1.61. The van der Waals surface area contributed by atoms with Gasteiger partial charge in [-0.25, -0.2) is 0 Å². The Kier molecular flexibility index (Phi) is 3.37. The summed E-state index contributed by atoms with van der Waals surface area (Å²) in [5.74, 6) is 0.178. The van der Waals surface area contributed by atoms with E-state index in [9.17, 15) is 4.79 Å². The summed E-state index contributed by atoms with van der Waals surface area (Å²) in [6.45, 7) is 0.444. The molecular weight excluding hydrogens is 200 g/mol. The van der Waals surface area contributed by atoms with Gasteiger partial charge in [-0.2, -0.15) is 0 Å². The Morgan fingerprint density at radius 1 is 1.31 bits per heavy atom. The Morgan fingerprint density at radius 3 is 2.69 bits per heavy atom. The van der Waals surface area contributed by atoms with Crippen molar-refractivity contribution in [1.29, 1.82) is 0 Å². The number of carbonyl (C=O) groups excluding carboxylic acids is 1. The number of para-hydroxylation sites is 1. The van der Waals surface area contributed by atoms with E-state index in [4.69, 9.17) is 5.73 Å². The zero-order chi connectivity index (χ0) is 11.4. The van der Waals surface area contributed by atoms with Gasteiger partial charge in [-0.15, -0.1) is 0 Å². The topological polar surface area (TPSA) is 55.1 Å². The standard InChI is InChI=1S/C13H16N2O/c14-9-11-7-3-4-8-12(11)15-13(16)10-5-1-2-6-10/h1-4,7-8,10H,5-6,9,14H2,(H,15,16). The molecule has 0 unspecified atom stereocenters. The van der Waals surface area contributed by atoms with E-state index >= 15 is 0 Å². The zero-order valence-corrected chi connectivity index (χ0v) is 9.15. The predicted molar refractivity (Wildman–Crippen MR) is 64.8 cm³/mol. The van der Waals surface area contributed by atoms with Gasteiger partial charge in [0.05, 0.1) is 0 Å². The summed E-state index contributed by atoms with van der Waals surface area (Å²) < 4.78 is 0. The number of carbonyl (C=O) groups is 1. The van der Waals surface area contributed by atoms with Crippen LogP contribution < -0.4 is 11.1 Å². The molecule has 16 heavy (non-hydrogen) atoms. The Morgan fingerprint density at radius 2 is 2.00 bits per heavy atom. The van der Waals surface area contributed by atoms with E-state index in [1.54, 1.807) is 0 Å². The van der Waals surface area contributed by atoms with Crippen LogP contribution in [0.15, 0.2) is 36.4 Å². The highest BCUT2D eigenvalue weighted by molar-refractivity contribution is 5.93. The lowest BCUT2D eigenvalue weighted by atomic mass is 10.1. The average molecular weight is 216 g/mol. The summed E-state index contributed by atoms with van der Waals surface area (Å²) in [6.07, 6.45) is 5.80. The fourth-order valence-electron chi connectivity index (χ4n) is 1.89. The van der Waals surface area contributed by atoms with E-state index in [1.165, 1.54) is 0 Å². The SMILES string of the molecule is NCc1ccccc1NC(=O)C1CC=CC1. The summed E-state index contributed by atoms with van der Waals surface area (Å²) in [5.41, 5.74) is 7.43. The molecule has 0 atom stereocenters. The van der Waals surface area contributed by atoms with Crippen molar-refractivity contribution in [2.45, 2.75) is 19.4 Å². The van der Waals surface area contributed by atoms with Crippen LogP contribution in [0.2, 0.25) is 0 Å². The number of allylic oxidation sites excluding steroid dienone is 2. The van der Waals surface area contributed by atoms with Crippen molar-refractivity contribution < 1.29 is 4.79 Å². The normalized spacial score (nSPS) is 15.3. The highest BCUT2D eigenvalue weighted by atomic mass is 16.1. The molecule has 3 N–H and O–H groups in total. The number of nitrogens with one attached hydrogen (secondary N) is 1. The molecular formula is C13H16N2O. The lowest BCUT2D eigenvalue weighted by Gasteiger charge is -2.13. The number of amides is 1. The van der Waals surface area contributed by atoms with Gasteiger partial charge in [-0.05, 0) is 24.5 Å². The van der Waals surface area contributed by atoms with Crippen LogP contribution in [-0.2, 0) is 11.3 Å². The van der Waals surface area contributed by atoms with Gasteiger partial charge in [-0.1, -0.05) is 30.4 Å². The number of rotatable bonds is 3. The van der Waals surface area contributed by atoms with Crippen LogP contribution in [0, 0.1) is 5.92 Å². The van der Waals surface area contributed by atoms with E-state index in [0.29, 0.717) is 6.54 Å². The number of hydrogen-bond donors (Lipinski definition) is 2. The molecule has 2 rings (SSSR count). The van der Waals surface area contributed by atoms with Crippen LogP contribution in [0.25, 0.3) is 0 Å². The van der Waals surface area contributed by atoms with Crippen molar-refractivity contribution in [2.75, 3.05) is 5.32 Å². The summed E-state index contributed by atoms with van der Waals surface area (Å²) in [5, 5.41) is 2.94. The molecule has 84 valence electrons.